The summed E-state index contributed by atoms with van der Waals surface area (Å²) in [6.45, 7) is 8.15. The van der Waals surface area contributed by atoms with Gasteiger partial charge in [-0.3, -0.25) is 14.4 Å². The van der Waals surface area contributed by atoms with Crippen molar-refractivity contribution in [2.24, 2.45) is 0 Å². The molecular weight excluding hydrogens is 474 g/mol. The Labute approximate surface area is 220 Å². The molecule has 0 amide bonds. The molecule has 1 aromatic heterocycles. The Kier molecular flexibility index (Phi) is 15.2. The normalized spacial score (nSPS) is 9.84. The van der Waals surface area contributed by atoms with Gasteiger partial charge in [-0.1, -0.05) is 38.6 Å². The van der Waals surface area contributed by atoms with Crippen molar-refractivity contribution in [1.82, 2.24) is 4.98 Å². The van der Waals surface area contributed by atoms with Crippen molar-refractivity contribution in [1.29, 1.82) is 0 Å². The van der Waals surface area contributed by atoms with E-state index in [-0.39, 0.29) is 57.6 Å². The summed E-state index contributed by atoms with van der Waals surface area (Å²) in [5.74, 6) is 0.0398. The van der Waals surface area contributed by atoms with Crippen LogP contribution in [-0.4, -0.2) is 41.0 Å². The van der Waals surface area contributed by atoms with E-state index in [1.54, 1.807) is 32.0 Å². The molecule has 0 aliphatic carbocycles. The Morgan fingerprint density at radius 3 is 2.11 bits per heavy atom. The van der Waals surface area contributed by atoms with Gasteiger partial charge in [0.1, 0.15) is 17.0 Å². The molecule has 0 fully saturated rings. The summed E-state index contributed by atoms with van der Waals surface area (Å²) in [6, 6.07) is 11.0. The summed E-state index contributed by atoms with van der Waals surface area (Å²) in [4.78, 5) is 38.3. The molecule has 0 saturated heterocycles. The number of nitrogens with zero attached hydrogens (tertiary/aromatic N) is 1. The minimum Gasteiger partial charge on any atom is -0.508 e. The van der Waals surface area contributed by atoms with Crippen LogP contribution in [0.3, 0.4) is 0 Å². The first-order valence-electron chi connectivity index (χ1n) is 11.7. The maximum absolute atomic E-state index is 11.7. The highest BCUT2D eigenvalue weighted by Gasteiger charge is 2.11. The predicted molar refractivity (Wildman–Crippen MR) is 145 cm³/mol. The minimum absolute atomic E-state index is 0. The molecule has 0 unspecified atom stereocenters. The Bertz CT molecular complexity index is 1150. The number of aromatic nitrogens is 1. The van der Waals surface area contributed by atoms with Crippen LogP contribution < -0.4 is 0 Å². The number of aryl methyl sites for hydroxylation is 3. The molecule has 0 bridgehead atoms. The number of hydrogen-bond donors (Lipinski definition) is 1. The smallest absolute Gasteiger partial charge is 0.306 e. The van der Waals surface area contributed by atoms with Crippen molar-refractivity contribution in [2.75, 3.05) is 13.2 Å². The third-order valence-corrected chi connectivity index (χ3v) is 4.97. The number of ether oxygens (including phenoxy) is 2. The van der Waals surface area contributed by atoms with Crippen LogP contribution in [0.2, 0.25) is 0 Å². The van der Waals surface area contributed by atoms with Gasteiger partial charge in [-0.25, -0.2) is 4.98 Å². The minimum atomic E-state index is -0.362. The largest absolute Gasteiger partial charge is 0.508 e. The Morgan fingerprint density at radius 2 is 1.46 bits per heavy atom. The van der Waals surface area contributed by atoms with E-state index in [2.05, 4.69) is 4.98 Å². The van der Waals surface area contributed by atoms with E-state index in [1.807, 2.05) is 32.0 Å². The number of fused-ring (bicyclic) bond motifs is 1. The zero-order chi connectivity index (χ0) is 25.8. The second-order valence-corrected chi connectivity index (χ2v) is 8.04. The lowest BCUT2D eigenvalue weighted by molar-refractivity contribution is -0.144. The lowest BCUT2D eigenvalue weighted by Crippen LogP contribution is -2.09. The van der Waals surface area contributed by atoms with Gasteiger partial charge in [0, 0.05) is 24.8 Å². The third-order valence-electron chi connectivity index (χ3n) is 4.97. The first-order chi connectivity index (χ1) is 16.7. The van der Waals surface area contributed by atoms with Crippen LogP contribution >= 0.6 is 0 Å². The van der Waals surface area contributed by atoms with Crippen LogP contribution in [0.15, 0.2) is 40.8 Å². The fourth-order valence-electron chi connectivity index (χ4n) is 3.27. The number of carbonyl (C=O) groups is 3. The predicted octanol–water partition coefficient (Wildman–Crippen LogP) is 6.06. The number of phenols is 1. The molecule has 1 heterocycles. The fourth-order valence-corrected chi connectivity index (χ4v) is 3.27. The molecule has 3 aromatic rings. The number of ketones is 1. The number of phenolic OH excluding ortho intramolecular Hbond substituents is 1. The summed E-state index contributed by atoms with van der Waals surface area (Å²) in [5, 5.41) is 9.60. The average molecular weight is 516 g/mol. The van der Waals surface area contributed by atoms with Gasteiger partial charge in [0.2, 0.25) is 0 Å². The van der Waals surface area contributed by atoms with Crippen LogP contribution in [0.5, 0.6) is 5.75 Å². The van der Waals surface area contributed by atoms with Crippen molar-refractivity contribution < 1.29 is 33.4 Å². The van der Waals surface area contributed by atoms with Crippen LogP contribution in [0.25, 0.3) is 11.1 Å². The lowest BCUT2D eigenvalue weighted by atomic mass is 10.0. The number of carbonyl (C=O) groups excluding carboxylic acids is 3. The number of aromatic hydroxyl groups is 1. The van der Waals surface area contributed by atoms with E-state index in [1.165, 1.54) is 0 Å². The lowest BCUT2D eigenvalue weighted by Gasteiger charge is -2.05. The van der Waals surface area contributed by atoms with Gasteiger partial charge in [-0.2, -0.15) is 0 Å². The molecule has 37 heavy (non-hydrogen) atoms. The molecule has 0 spiro atoms. The molecule has 0 aliphatic heterocycles. The van der Waals surface area contributed by atoms with E-state index in [0.717, 1.165) is 22.2 Å². The third kappa shape index (κ3) is 11.7. The topological polar surface area (TPSA) is 116 Å². The molecule has 0 saturated carbocycles. The standard InChI is InChI=1S/C14H18O4.C13H15NO3.2CH4/c1-3-18-14(17)7-5-12(15)9-11-8-10(2)4-6-13(11)16;1-3-16-13(15)7-6-12-14-10-8-9(2)4-5-11(10)17-12;;/h4,6,8,16H,3,5,7,9H2,1-2H3;4-5,8H,3,6-7H2,1-2H3;2*1H4. The molecule has 1 N–H and O–H groups in total. The number of esters is 2. The summed E-state index contributed by atoms with van der Waals surface area (Å²) in [7, 11) is 0. The second-order valence-electron chi connectivity index (χ2n) is 8.04. The van der Waals surface area contributed by atoms with Gasteiger partial charge in [0.15, 0.2) is 11.5 Å². The zero-order valence-corrected chi connectivity index (χ0v) is 20.8. The Hall–Kier alpha value is -3.68. The number of oxazole rings is 1. The molecule has 3 rings (SSSR count). The van der Waals surface area contributed by atoms with Gasteiger partial charge in [0.05, 0.1) is 26.1 Å². The molecule has 0 radical (unpaired) electrons. The van der Waals surface area contributed by atoms with E-state index < -0.39 is 0 Å². The van der Waals surface area contributed by atoms with E-state index in [9.17, 15) is 19.5 Å². The number of hydrogen-bond acceptors (Lipinski definition) is 8. The van der Waals surface area contributed by atoms with Crippen molar-refractivity contribution in [3.63, 3.8) is 0 Å². The van der Waals surface area contributed by atoms with Gasteiger partial charge in [0.25, 0.3) is 0 Å². The van der Waals surface area contributed by atoms with E-state index >= 15 is 0 Å². The first-order valence-corrected chi connectivity index (χ1v) is 11.7. The zero-order valence-electron chi connectivity index (χ0n) is 20.8. The monoisotopic (exact) mass is 515 g/mol. The van der Waals surface area contributed by atoms with Gasteiger partial charge >= 0.3 is 11.9 Å². The maximum Gasteiger partial charge on any atom is 0.306 e. The average Bonchev–Trinajstić information content (AvgIpc) is 3.22. The van der Waals surface area contributed by atoms with Crippen LogP contribution in [0.1, 0.15) is 70.5 Å². The molecule has 2 aromatic carbocycles. The molecule has 8 nitrogen and oxygen atoms in total. The SMILES string of the molecule is C.C.CCOC(=O)CCC(=O)Cc1cc(C)ccc1O.CCOC(=O)CCc1nc2cc(C)ccc2o1. The van der Waals surface area contributed by atoms with Gasteiger partial charge in [-0.15, -0.1) is 0 Å². The highest BCUT2D eigenvalue weighted by molar-refractivity contribution is 5.85. The number of rotatable bonds is 10. The van der Waals surface area contributed by atoms with Crippen molar-refractivity contribution >= 4 is 28.8 Å². The summed E-state index contributed by atoms with van der Waals surface area (Å²) < 4.78 is 15.1. The number of Topliss-reactive ketones (excluding diaryl/α,β-unsaturated/α-hetero) is 1. The van der Waals surface area contributed by atoms with Gasteiger partial charge in [-0.05, 0) is 51.5 Å². The van der Waals surface area contributed by atoms with Crippen molar-refractivity contribution in [3.05, 3.63) is 59.0 Å². The Balaban J connectivity index is 0.000000665. The molecular formula is C29H41NO7. The van der Waals surface area contributed by atoms with Crippen LogP contribution in [0.4, 0.5) is 0 Å². The van der Waals surface area contributed by atoms with Crippen molar-refractivity contribution in [2.45, 2.75) is 74.7 Å². The summed E-state index contributed by atoms with van der Waals surface area (Å²) >= 11 is 0. The summed E-state index contributed by atoms with van der Waals surface area (Å²) in [5.41, 5.74) is 4.32. The number of benzene rings is 2. The van der Waals surface area contributed by atoms with E-state index in [4.69, 9.17) is 13.9 Å². The van der Waals surface area contributed by atoms with Gasteiger partial charge < -0.3 is 19.0 Å². The molecule has 8 heteroatoms. The molecule has 0 atom stereocenters. The van der Waals surface area contributed by atoms with Crippen LogP contribution in [0, 0.1) is 13.8 Å². The maximum atomic E-state index is 11.7. The highest BCUT2D eigenvalue weighted by Crippen LogP contribution is 2.20. The Morgan fingerprint density at radius 1 is 0.865 bits per heavy atom. The fraction of sp³-hybridized carbons (Fsp3) is 0.448. The van der Waals surface area contributed by atoms with Crippen LogP contribution in [-0.2, 0) is 36.7 Å². The first kappa shape index (κ1) is 33.3. The molecule has 0 aliphatic rings. The van der Waals surface area contributed by atoms with Crippen molar-refractivity contribution in [3.8, 4) is 5.75 Å². The second kappa shape index (κ2) is 16.9. The highest BCUT2D eigenvalue weighted by atomic mass is 16.5. The summed E-state index contributed by atoms with van der Waals surface area (Å²) in [6.07, 6.45) is 1.17. The molecule has 204 valence electrons. The van der Waals surface area contributed by atoms with E-state index in [0.29, 0.717) is 37.5 Å². The quantitative estimate of drug-likeness (QED) is 0.324.